The first kappa shape index (κ1) is 14.3. The number of hydrogen-bond donors (Lipinski definition) is 3. The maximum Gasteiger partial charge on any atom is 0.141 e. The molecule has 3 N–H and O–H groups in total. The third kappa shape index (κ3) is 3.02. The molecule has 1 aliphatic rings. The molecule has 1 unspecified atom stereocenters. The van der Waals surface area contributed by atoms with Crippen LogP contribution in [0.1, 0.15) is 0 Å². The van der Waals surface area contributed by atoms with Gasteiger partial charge in [0.2, 0.25) is 0 Å². The minimum absolute atomic E-state index is 0.0565. The van der Waals surface area contributed by atoms with Crippen LogP contribution in [0.2, 0.25) is 5.02 Å². The first-order valence-electron chi connectivity index (χ1n) is 6.36. The van der Waals surface area contributed by atoms with Crippen LogP contribution in [0.5, 0.6) is 0 Å². The number of anilines is 2. The molecule has 0 saturated carbocycles. The third-order valence-corrected chi connectivity index (χ3v) is 4.35. The molecule has 1 aromatic heterocycles. The van der Waals surface area contributed by atoms with Gasteiger partial charge in [0.25, 0.3) is 0 Å². The third-order valence-electron chi connectivity index (χ3n) is 3.14. The first-order valence-corrected chi connectivity index (χ1v) is 7.53. The average Bonchev–Trinajstić information content (AvgIpc) is 2.51. The lowest BCUT2D eigenvalue weighted by Crippen LogP contribution is -2.46. The summed E-state index contributed by atoms with van der Waals surface area (Å²) in [5.74, 6) is 0.757. The summed E-state index contributed by atoms with van der Waals surface area (Å²) >= 11 is 9.43. The smallest absolute Gasteiger partial charge is 0.141 e. The van der Waals surface area contributed by atoms with Crippen LogP contribution in [0.15, 0.2) is 29.0 Å². The van der Waals surface area contributed by atoms with E-state index in [0.717, 1.165) is 26.5 Å². The Labute approximate surface area is 135 Å². The van der Waals surface area contributed by atoms with Crippen molar-refractivity contribution >= 4 is 51.3 Å². The highest BCUT2D eigenvalue weighted by Crippen LogP contribution is 2.26. The predicted molar refractivity (Wildman–Crippen MR) is 88.6 cm³/mol. The lowest BCUT2D eigenvalue weighted by Gasteiger charge is -2.16. The zero-order valence-corrected chi connectivity index (χ0v) is 13.5. The summed E-state index contributed by atoms with van der Waals surface area (Å²) in [4.78, 5) is 8.59. The van der Waals surface area contributed by atoms with Crippen molar-refractivity contribution in [1.29, 1.82) is 0 Å². The molecule has 7 heteroatoms. The number of halogens is 2. The second-order valence-corrected chi connectivity index (χ2v) is 5.78. The van der Waals surface area contributed by atoms with Crippen LogP contribution in [0, 0.1) is 0 Å². The second-order valence-electron chi connectivity index (χ2n) is 4.52. The lowest BCUT2D eigenvalue weighted by atomic mass is 10.2. The largest absolute Gasteiger partial charge is 0.371 e. The van der Waals surface area contributed by atoms with Crippen molar-refractivity contribution < 1.29 is 0 Å². The van der Waals surface area contributed by atoms with Gasteiger partial charge in [-0.15, -0.1) is 0 Å². The Kier molecular flexibility index (Phi) is 4.10. The zero-order valence-electron chi connectivity index (χ0n) is 11.2. The van der Waals surface area contributed by atoms with Gasteiger partial charge in [-0.25, -0.2) is 9.97 Å². The van der Waals surface area contributed by atoms with Crippen LogP contribution >= 0.6 is 27.5 Å². The zero-order chi connectivity index (χ0) is 14.8. The average molecular weight is 367 g/mol. The highest BCUT2D eigenvalue weighted by Gasteiger charge is 2.09. The van der Waals surface area contributed by atoms with Gasteiger partial charge in [0.05, 0.1) is 16.5 Å². The van der Waals surface area contributed by atoms with E-state index in [4.69, 9.17) is 11.6 Å². The molecule has 0 fully saturated rings. The summed E-state index contributed by atoms with van der Waals surface area (Å²) in [5.41, 5.74) is 0.903. The highest BCUT2D eigenvalue weighted by molar-refractivity contribution is 9.10. The van der Waals surface area contributed by atoms with E-state index in [0.29, 0.717) is 5.02 Å². The van der Waals surface area contributed by atoms with E-state index < -0.39 is 0 Å². The Morgan fingerprint density at radius 3 is 2.95 bits per heavy atom. The van der Waals surface area contributed by atoms with Gasteiger partial charge in [-0.05, 0) is 47.3 Å². The maximum absolute atomic E-state index is 6.01. The minimum atomic E-state index is 0.0565. The molecule has 0 amide bonds. The number of fused-ring (bicyclic) bond motifs is 1. The number of nitrogens with zero attached hydrogens (tertiary/aromatic N) is 2. The van der Waals surface area contributed by atoms with E-state index >= 15 is 0 Å². The molecule has 5 nitrogen and oxygen atoms in total. The number of nitrogens with one attached hydrogen (secondary N) is 3. The van der Waals surface area contributed by atoms with Crippen LogP contribution in [-0.4, -0.2) is 23.2 Å². The summed E-state index contributed by atoms with van der Waals surface area (Å²) in [6.45, 7) is 0. The van der Waals surface area contributed by atoms with Crippen LogP contribution in [0.25, 0.3) is 12.3 Å². The number of hydrogen-bond acceptors (Lipinski definition) is 5. The molecule has 21 heavy (non-hydrogen) atoms. The van der Waals surface area contributed by atoms with Gasteiger partial charge in [0.15, 0.2) is 0 Å². The molecule has 1 aliphatic heterocycles. The molecular formula is C14H13BrClN5. The van der Waals surface area contributed by atoms with Crippen LogP contribution < -0.4 is 26.5 Å². The van der Waals surface area contributed by atoms with Crippen molar-refractivity contribution in [3.63, 3.8) is 0 Å². The van der Waals surface area contributed by atoms with E-state index in [1.54, 1.807) is 0 Å². The highest BCUT2D eigenvalue weighted by atomic mass is 79.9. The van der Waals surface area contributed by atoms with Gasteiger partial charge in [-0.3, -0.25) is 5.32 Å². The molecule has 108 valence electrons. The fourth-order valence-electron chi connectivity index (χ4n) is 2.05. The molecule has 3 rings (SSSR count). The van der Waals surface area contributed by atoms with Crippen LogP contribution in [-0.2, 0) is 0 Å². The SMILES string of the molecule is CNC1C=c2c(Nc3ccc(Cl)c(Br)c3)ncnc2=CN1. The van der Waals surface area contributed by atoms with Crippen molar-refractivity contribution in [1.82, 2.24) is 20.6 Å². The van der Waals surface area contributed by atoms with Crippen LogP contribution in [0.4, 0.5) is 11.5 Å². The molecule has 1 atom stereocenters. The topological polar surface area (TPSA) is 61.9 Å². The normalized spacial score (nSPS) is 16.2. The van der Waals surface area contributed by atoms with E-state index in [2.05, 4.69) is 41.8 Å². The van der Waals surface area contributed by atoms with Gasteiger partial charge < -0.3 is 10.6 Å². The molecule has 0 saturated heterocycles. The van der Waals surface area contributed by atoms with Crippen molar-refractivity contribution in [2.75, 3.05) is 12.4 Å². The Balaban J connectivity index is 2.02. The first-order chi connectivity index (χ1) is 10.2. The van der Waals surface area contributed by atoms with E-state index in [1.165, 1.54) is 6.33 Å². The summed E-state index contributed by atoms with van der Waals surface area (Å²) in [6.07, 6.45) is 5.52. The molecule has 0 radical (unpaired) electrons. The summed E-state index contributed by atoms with van der Waals surface area (Å²) in [6, 6.07) is 5.65. The predicted octanol–water partition coefficient (Wildman–Crippen LogP) is 1.30. The fourth-order valence-corrected chi connectivity index (χ4v) is 2.55. The number of benzene rings is 1. The van der Waals surface area contributed by atoms with Gasteiger partial charge in [0, 0.05) is 21.6 Å². The molecule has 2 aromatic rings. The molecule has 2 heterocycles. The number of aromatic nitrogens is 2. The Morgan fingerprint density at radius 2 is 2.19 bits per heavy atom. The molecule has 0 spiro atoms. The van der Waals surface area contributed by atoms with Crippen molar-refractivity contribution in [2.45, 2.75) is 6.17 Å². The van der Waals surface area contributed by atoms with Gasteiger partial charge >= 0.3 is 0 Å². The summed E-state index contributed by atoms with van der Waals surface area (Å²) in [7, 11) is 1.89. The maximum atomic E-state index is 6.01. The van der Waals surface area contributed by atoms with E-state index in [-0.39, 0.29) is 6.17 Å². The van der Waals surface area contributed by atoms with Gasteiger partial charge in [-0.2, -0.15) is 0 Å². The minimum Gasteiger partial charge on any atom is -0.371 e. The Hall–Kier alpha value is -1.63. The molecule has 0 aliphatic carbocycles. The molecule has 0 bridgehead atoms. The Morgan fingerprint density at radius 1 is 1.33 bits per heavy atom. The standard InChI is InChI=1S/C14H13BrClN5/c1-17-13-5-9-12(6-18-13)19-7-20-14(9)21-8-2-3-11(16)10(15)4-8/h2-7,13,17-18H,1H3,(H,19,20,21). The van der Waals surface area contributed by atoms with Crippen molar-refractivity contribution in [2.24, 2.45) is 0 Å². The summed E-state index contributed by atoms with van der Waals surface area (Å²) in [5, 5.41) is 12.1. The van der Waals surface area contributed by atoms with Gasteiger partial charge in [-0.1, -0.05) is 11.6 Å². The monoisotopic (exact) mass is 365 g/mol. The summed E-state index contributed by atoms with van der Waals surface area (Å²) < 4.78 is 0.836. The fraction of sp³-hybridized carbons (Fsp3) is 0.143. The Bertz CT molecular complexity index is 792. The molecular weight excluding hydrogens is 354 g/mol. The van der Waals surface area contributed by atoms with E-state index in [9.17, 15) is 0 Å². The number of rotatable bonds is 3. The van der Waals surface area contributed by atoms with Crippen molar-refractivity contribution in [3.8, 4) is 0 Å². The molecule has 1 aromatic carbocycles. The second kappa shape index (κ2) is 6.01. The van der Waals surface area contributed by atoms with Gasteiger partial charge in [0.1, 0.15) is 12.1 Å². The van der Waals surface area contributed by atoms with E-state index in [1.807, 2.05) is 37.5 Å². The van der Waals surface area contributed by atoms with Crippen molar-refractivity contribution in [3.05, 3.63) is 44.6 Å². The van der Waals surface area contributed by atoms with Crippen LogP contribution in [0.3, 0.4) is 0 Å². The lowest BCUT2D eigenvalue weighted by molar-refractivity contribution is 0.650. The quantitative estimate of drug-likeness (QED) is 0.764.